The van der Waals surface area contributed by atoms with Crippen molar-refractivity contribution in [2.24, 2.45) is 0 Å². The van der Waals surface area contributed by atoms with Crippen LogP contribution >= 0.6 is 0 Å². The Bertz CT molecular complexity index is 1090. The van der Waals surface area contributed by atoms with E-state index in [1.807, 2.05) is 44.1 Å². The first-order valence-corrected chi connectivity index (χ1v) is 8.39. The fraction of sp³-hybridized carbons (Fsp3) is 0.143. The molecule has 27 heavy (non-hydrogen) atoms. The lowest BCUT2D eigenvalue weighted by Gasteiger charge is -2.10. The minimum absolute atomic E-state index is 0.000529. The topological polar surface area (TPSA) is 84.3 Å². The van der Waals surface area contributed by atoms with Crippen LogP contribution in [-0.2, 0) is 0 Å². The number of non-ortho nitro benzene ring substituents is 1. The molecule has 6 nitrogen and oxygen atoms in total. The first-order chi connectivity index (χ1) is 12.9. The van der Waals surface area contributed by atoms with Crippen LogP contribution in [0.2, 0.25) is 0 Å². The lowest BCUT2D eigenvalue weighted by Crippen LogP contribution is -2.22. The van der Waals surface area contributed by atoms with Crippen molar-refractivity contribution in [2.75, 3.05) is 19.0 Å². The van der Waals surface area contributed by atoms with E-state index in [1.54, 1.807) is 18.2 Å². The molecule has 0 saturated heterocycles. The molecule has 134 valence electrons. The fourth-order valence-corrected chi connectivity index (χ4v) is 2.92. The monoisotopic (exact) mass is 359 g/mol. The molecule has 0 bridgehead atoms. The molecule has 0 atom stereocenters. The average Bonchev–Trinajstić information content (AvgIpc) is 2.65. The van der Waals surface area contributed by atoms with Gasteiger partial charge in [-0.05, 0) is 48.4 Å². The molecule has 0 fully saturated rings. The number of aryl methyl sites for hydroxylation is 1. The van der Waals surface area contributed by atoms with Crippen molar-refractivity contribution < 1.29 is 9.91 Å². The number of H-pyrrole nitrogens is 1. The van der Waals surface area contributed by atoms with E-state index in [2.05, 4.69) is 17.1 Å². The number of benzene rings is 2. The first-order valence-electron chi connectivity index (χ1n) is 8.39. The number of aromatic amines is 1. The van der Waals surface area contributed by atoms with Crippen LogP contribution in [0.15, 0.2) is 48.5 Å². The summed E-state index contributed by atoms with van der Waals surface area (Å²) in [6, 6.07) is 16.4. The number of hydrogen-bond acceptors (Lipinski definition) is 4. The quantitative estimate of drug-likeness (QED) is 0.400. The van der Waals surface area contributed by atoms with Crippen LogP contribution in [0.25, 0.3) is 22.6 Å². The second-order valence-corrected chi connectivity index (χ2v) is 6.53. The molecule has 2 aromatic carbocycles. The maximum absolute atomic E-state index is 10.8. The van der Waals surface area contributed by atoms with Crippen molar-refractivity contribution in [3.05, 3.63) is 75.3 Å². The summed E-state index contributed by atoms with van der Waals surface area (Å²) >= 11 is 0. The molecular weight excluding hydrogens is 340 g/mol. The van der Waals surface area contributed by atoms with Gasteiger partial charge >= 0.3 is 0 Å². The van der Waals surface area contributed by atoms with Gasteiger partial charge in [0.25, 0.3) is 11.5 Å². The number of fused-ring (bicyclic) bond motifs is 1. The molecule has 0 aliphatic heterocycles. The van der Waals surface area contributed by atoms with Crippen LogP contribution in [0, 0.1) is 28.4 Å². The number of rotatable bonds is 4. The Morgan fingerprint density at radius 3 is 2.48 bits per heavy atom. The largest absolute Gasteiger partial charge is 0.281 e. The lowest BCUT2D eigenvalue weighted by molar-refractivity contribution is -0.384. The molecule has 0 aliphatic carbocycles. The van der Waals surface area contributed by atoms with Crippen molar-refractivity contribution >= 4 is 34.1 Å². The van der Waals surface area contributed by atoms with Gasteiger partial charge in [-0.3, -0.25) is 15.0 Å². The van der Waals surface area contributed by atoms with Gasteiger partial charge in [-0.25, -0.2) is 4.98 Å². The molecule has 0 aliphatic rings. The highest BCUT2D eigenvalue weighted by Crippen LogP contribution is 2.26. The van der Waals surface area contributed by atoms with Crippen molar-refractivity contribution in [2.45, 2.75) is 6.92 Å². The predicted molar refractivity (Wildman–Crippen MR) is 106 cm³/mol. The predicted octanol–water partition coefficient (Wildman–Crippen LogP) is 4.00. The number of aromatic nitrogens is 1. The smallest absolute Gasteiger partial charge is 0.267 e. The number of nitro groups is 1. The molecule has 0 radical (unpaired) electrons. The van der Waals surface area contributed by atoms with Crippen LogP contribution in [0.1, 0.15) is 16.7 Å². The van der Waals surface area contributed by atoms with Gasteiger partial charge in [-0.2, -0.15) is 5.26 Å². The van der Waals surface area contributed by atoms with E-state index in [-0.39, 0.29) is 5.69 Å². The van der Waals surface area contributed by atoms with Gasteiger partial charge in [0, 0.05) is 17.5 Å². The SMILES string of the molecule is Cc1ccc2cc(/C=C(\C#N)c3ccc([N+](=O)[O-])cc3)c(N(C)C)[nH+]c2c1. The molecule has 1 heterocycles. The van der Waals surface area contributed by atoms with Crippen LogP contribution in [0.4, 0.5) is 11.5 Å². The number of pyridine rings is 1. The van der Waals surface area contributed by atoms with Crippen molar-refractivity contribution in [3.8, 4) is 6.07 Å². The number of nitrogens with zero attached hydrogens (tertiary/aromatic N) is 3. The Balaban J connectivity index is 2.14. The maximum atomic E-state index is 10.8. The van der Waals surface area contributed by atoms with Gasteiger partial charge < -0.3 is 0 Å². The number of nitriles is 1. The highest BCUT2D eigenvalue weighted by Gasteiger charge is 2.15. The van der Waals surface area contributed by atoms with E-state index in [1.165, 1.54) is 12.1 Å². The molecule has 3 rings (SSSR count). The minimum Gasteiger partial charge on any atom is -0.267 e. The summed E-state index contributed by atoms with van der Waals surface area (Å²) in [5, 5.41) is 21.5. The third-order valence-corrected chi connectivity index (χ3v) is 4.30. The standard InChI is InChI=1S/C21H18N4O2/c1-14-4-5-16-11-17(21(24(2)3)23-20(16)10-14)12-18(13-22)15-6-8-19(9-7-15)25(26)27/h4-12H,1-3H3/p+1/b18-12+. The molecule has 6 heteroatoms. The zero-order valence-corrected chi connectivity index (χ0v) is 15.4. The molecule has 0 amide bonds. The molecule has 1 aromatic heterocycles. The summed E-state index contributed by atoms with van der Waals surface area (Å²) in [7, 11) is 3.87. The van der Waals surface area contributed by atoms with E-state index < -0.39 is 4.92 Å². The van der Waals surface area contributed by atoms with E-state index in [9.17, 15) is 15.4 Å². The van der Waals surface area contributed by atoms with Gasteiger partial charge in [0.2, 0.25) is 0 Å². The first kappa shape index (κ1) is 18.1. The number of anilines is 1. The zero-order chi connectivity index (χ0) is 19.6. The van der Waals surface area contributed by atoms with Crippen molar-refractivity contribution in [1.29, 1.82) is 5.26 Å². The Kier molecular flexibility index (Phi) is 4.86. The normalized spacial score (nSPS) is 11.3. The zero-order valence-electron chi connectivity index (χ0n) is 15.4. The van der Waals surface area contributed by atoms with Gasteiger partial charge in [-0.1, -0.05) is 12.1 Å². The number of nitrogens with one attached hydrogen (secondary N) is 1. The number of allylic oxidation sites excluding steroid dienone is 1. The van der Waals surface area contributed by atoms with Gasteiger partial charge in [-0.15, -0.1) is 0 Å². The Hall–Kier alpha value is -3.72. The summed E-state index contributed by atoms with van der Waals surface area (Å²) in [6.45, 7) is 2.04. The maximum Gasteiger partial charge on any atom is 0.281 e. The highest BCUT2D eigenvalue weighted by molar-refractivity contribution is 5.93. The van der Waals surface area contributed by atoms with Crippen LogP contribution in [0.5, 0.6) is 0 Å². The van der Waals surface area contributed by atoms with Crippen LogP contribution in [0.3, 0.4) is 0 Å². The molecule has 0 spiro atoms. The van der Waals surface area contributed by atoms with Gasteiger partial charge in [0.15, 0.2) is 0 Å². The van der Waals surface area contributed by atoms with E-state index >= 15 is 0 Å². The fourth-order valence-electron chi connectivity index (χ4n) is 2.92. The van der Waals surface area contributed by atoms with E-state index in [0.29, 0.717) is 11.1 Å². The second kappa shape index (κ2) is 7.26. The number of hydrogen-bond donors (Lipinski definition) is 0. The molecule has 3 aromatic rings. The lowest BCUT2D eigenvalue weighted by atomic mass is 10.0. The Morgan fingerprint density at radius 2 is 1.89 bits per heavy atom. The summed E-state index contributed by atoms with van der Waals surface area (Å²) in [4.78, 5) is 15.8. The minimum atomic E-state index is -0.454. The molecule has 1 N–H and O–H groups in total. The highest BCUT2D eigenvalue weighted by atomic mass is 16.6. The third kappa shape index (κ3) is 3.77. The van der Waals surface area contributed by atoms with Crippen molar-refractivity contribution in [1.82, 2.24) is 0 Å². The summed E-state index contributed by atoms with van der Waals surface area (Å²) in [6.07, 6.45) is 1.80. The molecule has 0 saturated carbocycles. The average molecular weight is 359 g/mol. The molecular formula is C21H19N4O2+. The van der Waals surface area contributed by atoms with E-state index in [0.717, 1.165) is 27.8 Å². The summed E-state index contributed by atoms with van der Waals surface area (Å²) < 4.78 is 0. The van der Waals surface area contributed by atoms with Crippen LogP contribution in [-0.4, -0.2) is 19.0 Å². The summed E-state index contributed by atoms with van der Waals surface area (Å²) in [5.74, 6) is 0.878. The second-order valence-electron chi connectivity index (χ2n) is 6.53. The van der Waals surface area contributed by atoms with Gasteiger partial charge in [0.1, 0.15) is 5.52 Å². The molecule has 0 unspecified atom stereocenters. The Morgan fingerprint density at radius 1 is 1.19 bits per heavy atom. The third-order valence-electron chi connectivity index (χ3n) is 4.30. The van der Waals surface area contributed by atoms with Crippen LogP contribution < -0.4 is 9.88 Å². The summed E-state index contributed by atoms with van der Waals surface area (Å²) in [5.41, 5.74) is 4.12. The number of nitro benzene ring substituents is 1. The van der Waals surface area contributed by atoms with Crippen molar-refractivity contribution in [3.63, 3.8) is 0 Å². The van der Waals surface area contributed by atoms with Gasteiger partial charge in [0.05, 0.1) is 36.2 Å². The Labute approximate surface area is 157 Å². The van der Waals surface area contributed by atoms with E-state index in [4.69, 9.17) is 0 Å².